The first-order valence-electron chi connectivity index (χ1n) is 11.9. The Morgan fingerprint density at radius 3 is 2.46 bits per heavy atom. The Hall–Kier alpha value is -2.37. The zero-order valence-corrected chi connectivity index (χ0v) is 19.8. The predicted octanol–water partition coefficient (Wildman–Crippen LogP) is 2.74. The summed E-state index contributed by atoms with van der Waals surface area (Å²) in [5.41, 5.74) is 1.17. The number of para-hydroxylation sites is 1. The molecule has 0 unspecified atom stereocenters. The summed E-state index contributed by atoms with van der Waals surface area (Å²) in [6.45, 7) is 4.25. The highest BCUT2D eigenvalue weighted by Gasteiger charge is 2.41. The van der Waals surface area contributed by atoms with Crippen LogP contribution in [-0.4, -0.2) is 97.7 Å². The first-order valence-corrected chi connectivity index (χ1v) is 11.9. The maximum absolute atomic E-state index is 12.9. The molecular formula is C24H33F3N2O6. The molecule has 0 spiro atoms. The first kappa shape index (κ1) is 27.2. The number of halogens is 3. The molecule has 35 heavy (non-hydrogen) atoms. The van der Waals surface area contributed by atoms with Gasteiger partial charge in [-0.1, -0.05) is 18.2 Å². The molecule has 3 aliphatic heterocycles. The molecule has 1 amide bonds. The topological polar surface area (TPSA) is 88.5 Å². The van der Waals surface area contributed by atoms with Crippen LogP contribution in [0.3, 0.4) is 0 Å². The van der Waals surface area contributed by atoms with Gasteiger partial charge in [0, 0.05) is 46.0 Å². The molecule has 4 rings (SSSR count). The molecule has 1 aromatic carbocycles. The smallest absolute Gasteiger partial charge is 0.483 e. The van der Waals surface area contributed by atoms with Gasteiger partial charge in [0.25, 0.3) is 5.91 Å². The second-order valence-corrected chi connectivity index (χ2v) is 8.94. The Labute approximate surface area is 202 Å². The van der Waals surface area contributed by atoms with Crippen LogP contribution in [-0.2, 0) is 25.5 Å². The molecule has 196 valence electrons. The lowest BCUT2D eigenvalue weighted by molar-refractivity contribution is -0.192. The summed E-state index contributed by atoms with van der Waals surface area (Å²) in [6.07, 6.45) is 0.150. The number of amides is 1. The van der Waals surface area contributed by atoms with Gasteiger partial charge in [-0.05, 0) is 43.7 Å². The number of fused-ring (bicyclic) bond motifs is 2. The number of carbonyl (C=O) groups excluding carboxylic acids is 1. The Bertz CT molecular complexity index is 847. The monoisotopic (exact) mass is 502 g/mol. The number of likely N-dealkylation sites (N-methyl/N-ethyl adjacent to an activating group) is 1. The molecule has 0 bridgehead atoms. The highest BCUT2D eigenvalue weighted by atomic mass is 19.4. The number of alkyl halides is 3. The summed E-state index contributed by atoms with van der Waals surface area (Å²) in [5.74, 6) is -1.91. The van der Waals surface area contributed by atoms with Gasteiger partial charge in [-0.3, -0.25) is 9.69 Å². The van der Waals surface area contributed by atoms with Crippen molar-refractivity contribution in [1.82, 2.24) is 9.80 Å². The lowest BCUT2D eigenvalue weighted by atomic mass is 10.1. The van der Waals surface area contributed by atoms with Crippen LogP contribution in [0.5, 0.6) is 5.75 Å². The molecule has 0 aromatic heterocycles. The zero-order valence-electron chi connectivity index (χ0n) is 19.8. The molecule has 2 saturated heterocycles. The molecule has 3 aliphatic rings. The van der Waals surface area contributed by atoms with Gasteiger partial charge in [0.05, 0.1) is 12.1 Å². The number of nitrogens with zero attached hydrogens (tertiary/aromatic N) is 2. The number of hydrogen-bond acceptors (Lipinski definition) is 6. The van der Waals surface area contributed by atoms with E-state index in [-0.39, 0.29) is 24.7 Å². The zero-order chi connectivity index (χ0) is 25.4. The van der Waals surface area contributed by atoms with E-state index in [1.54, 1.807) is 0 Å². The number of rotatable bonds is 1. The average Bonchev–Trinajstić information content (AvgIpc) is 3.26. The maximum Gasteiger partial charge on any atom is 0.490 e. The molecule has 11 heteroatoms. The fourth-order valence-electron chi connectivity index (χ4n) is 4.60. The van der Waals surface area contributed by atoms with Crippen LogP contribution >= 0.6 is 0 Å². The fraction of sp³-hybridized carbons (Fsp3) is 0.667. The lowest BCUT2D eigenvalue weighted by Gasteiger charge is -2.31. The van der Waals surface area contributed by atoms with E-state index < -0.39 is 12.1 Å². The van der Waals surface area contributed by atoms with Crippen molar-refractivity contribution in [2.75, 3.05) is 46.6 Å². The SMILES string of the molecule is CN1C(=O)COc2ccccc2CCCCO[C@@H]2CN(C3CCOCC3)C[C@@H]21.O=C(O)C(F)(F)F. The molecular weight excluding hydrogens is 469 g/mol. The minimum Gasteiger partial charge on any atom is -0.483 e. The molecule has 0 radical (unpaired) electrons. The number of carboxylic acid groups (broad SMARTS) is 1. The third-order valence-electron chi connectivity index (χ3n) is 6.60. The molecule has 8 nitrogen and oxygen atoms in total. The van der Waals surface area contributed by atoms with Crippen molar-refractivity contribution < 1.29 is 42.1 Å². The second-order valence-electron chi connectivity index (χ2n) is 8.94. The summed E-state index contributed by atoms with van der Waals surface area (Å²) in [5, 5.41) is 7.12. The molecule has 1 aromatic rings. The maximum atomic E-state index is 12.9. The molecule has 0 saturated carbocycles. The van der Waals surface area contributed by atoms with Crippen LogP contribution in [0.15, 0.2) is 24.3 Å². The van der Waals surface area contributed by atoms with E-state index in [2.05, 4.69) is 11.0 Å². The van der Waals surface area contributed by atoms with Crippen LogP contribution in [0.4, 0.5) is 13.2 Å². The first-order chi connectivity index (χ1) is 16.7. The van der Waals surface area contributed by atoms with Crippen molar-refractivity contribution in [3.8, 4) is 5.75 Å². The normalized spacial score (nSPS) is 25.0. The van der Waals surface area contributed by atoms with E-state index in [1.165, 1.54) is 5.56 Å². The van der Waals surface area contributed by atoms with Crippen LogP contribution in [0.2, 0.25) is 0 Å². The lowest BCUT2D eigenvalue weighted by Crippen LogP contribution is -2.47. The Kier molecular flexibility index (Phi) is 9.76. The van der Waals surface area contributed by atoms with E-state index in [9.17, 15) is 18.0 Å². The van der Waals surface area contributed by atoms with E-state index in [0.717, 1.165) is 70.8 Å². The predicted molar refractivity (Wildman–Crippen MR) is 120 cm³/mol. The highest BCUT2D eigenvalue weighted by molar-refractivity contribution is 5.78. The number of ether oxygens (including phenoxy) is 3. The standard InChI is InChI=1S/C22H32N2O4.C2HF3O2/c1-23-19-14-24(18-9-12-26-13-10-18)15-21(19)27-11-5-4-7-17-6-2-3-8-20(17)28-16-22(23)25;3-2(4,5)1(6)7/h2-3,6,8,18-19,21H,4-5,7,9-16H2,1H3;(H,6,7)/t19-,21+;/m0./s1. The third kappa shape index (κ3) is 7.81. The minimum absolute atomic E-state index is 0.0153. The van der Waals surface area contributed by atoms with Crippen molar-refractivity contribution in [2.24, 2.45) is 0 Å². The summed E-state index contributed by atoms with van der Waals surface area (Å²) >= 11 is 0. The summed E-state index contributed by atoms with van der Waals surface area (Å²) in [4.78, 5) is 26.1. The van der Waals surface area contributed by atoms with Gasteiger partial charge in [-0.2, -0.15) is 13.2 Å². The van der Waals surface area contributed by atoms with Gasteiger partial charge in [0.2, 0.25) is 0 Å². The Morgan fingerprint density at radius 1 is 1.09 bits per heavy atom. The molecule has 0 aliphatic carbocycles. The van der Waals surface area contributed by atoms with Crippen LogP contribution < -0.4 is 4.74 Å². The second kappa shape index (κ2) is 12.5. The number of aliphatic carboxylic acids is 1. The van der Waals surface area contributed by atoms with Crippen LogP contribution in [0, 0.1) is 0 Å². The van der Waals surface area contributed by atoms with Crippen molar-refractivity contribution >= 4 is 11.9 Å². The van der Waals surface area contributed by atoms with E-state index in [1.807, 2.05) is 30.1 Å². The average molecular weight is 503 g/mol. The quantitative estimate of drug-likeness (QED) is 0.632. The minimum atomic E-state index is -5.08. The van der Waals surface area contributed by atoms with Crippen molar-refractivity contribution in [2.45, 2.75) is 56.5 Å². The van der Waals surface area contributed by atoms with Crippen molar-refractivity contribution in [3.05, 3.63) is 29.8 Å². The summed E-state index contributed by atoms with van der Waals surface area (Å²) in [6, 6.07) is 8.66. The van der Waals surface area contributed by atoms with Gasteiger partial charge in [-0.25, -0.2) is 4.79 Å². The molecule has 2 atom stereocenters. The fourth-order valence-corrected chi connectivity index (χ4v) is 4.60. The third-order valence-corrected chi connectivity index (χ3v) is 6.60. The molecule has 2 fully saturated rings. The van der Waals surface area contributed by atoms with Crippen molar-refractivity contribution in [1.29, 1.82) is 0 Å². The van der Waals surface area contributed by atoms with Crippen LogP contribution in [0.25, 0.3) is 0 Å². The van der Waals surface area contributed by atoms with Gasteiger partial charge in [0.15, 0.2) is 6.61 Å². The Morgan fingerprint density at radius 2 is 1.77 bits per heavy atom. The number of aryl methyl sites for hydroxylation is 1. The summed E-state index contributed by atoms with van der Waals surface area (Å²) in [7, 11) is 1.89. The molecule has 1 N–H and O–H groups in total. The number of carbonyl (C=O) groups is 2. The number of benzene rings is 1. The van der Waals surface area contributed by atoms with E-state index in [4.69, 9.17) is 24.1 Å². The summed E-state index contributed by atoms with van der Waals surface area (Å²) < 4.78 is 49.5. The number of carboxylic acids is 1. The van der Waals surface area contributed by atoms with Gasteiger partial charge in [-0.15, -0.1) is 0 Å². The van der Waals surface area contributed by atoms with Gasteiger partial charge >= 0.3 is 12.1 Å². The highest BCUT2D eigenvalue weighted by Crippen LogP contribution is 2.26. The van der Waals surface area contributed by atoms with Gasteiger partial charge < -0.3 is 24.2 Å². The van der Waals surface area contributed by atoms with Crippen molar-refractivity contribution in [3.63, 3.8) is 0 Å². The Balaban J connectivity index is 0.000000429. The number of likely N-dealkylation sites (tertiary alicyclic amines) is 1. The van der Waals surface area contributed by atoms with Gasteiger partial charge in [0.1, 0.15) is 5.75 Å². The van der Waals surface area contributed by atoms with E-state index in [0.29, 0.717) is 6.04 Å². The number of hydrogen-bond donors (Lipinski definition) is 1. The largest absolute Gasteiger partial charge is 0.490 e. The van der Waals surface area contributed by atoms with Crippen LogP contribution in [0.1, 0.15) is 31.2 Å². The molecule has 3 heterocycles. The van der Waals surface area contributed by atoms with E-state index >= 15 is 0 Å².